The van der Waals surface area contributed by atoms with Crippen LogP contribution in [0.4, 0.5) is 0 Å². The number of benzene rings is 3. The molecule has 7 nitrogen and oxygen atoms in total. The highest BCUT2D eigenvalue weighted by molar-refractivity contribution is 7.99. The lowest BCUT2D eigenvalue weighted by molar-refractivity contribution is -0.625. The van der Waals surface area contributed by atoms with E-state index in [9.17, 15) is 9.90 Å². The van der Waals surface area contributed by atoms with Gasteiger partial charge in [-0.15, -0.1) is 11.7 Å². The van der Waals surface area contributed by atoms with E-state index >= 15 is 0 Å². The molecule has 0 saturated carbocycles. The molecule has 0 fully saturated rings. The highest BCUT2D eigenvalue weighted by Gasteiger charge is 2.24. The van der Waals surface area contributed by atoms with Crippen molar-refractivity contribution < 1.29 is 14.5 Å². The molecule has 0 atom stereocenters. The number of para-hydroxylation sites is 2. The lowest BCUT2D eigenvalue weighted by Crippen LogP contribution is -2.34. The summed E-state index contributed by atoms with van der Waals surface area (Å²) in [6, 6.07) is 23.2. The van der Waals surface area contributed by atoms with Gasteiger partial charge in [0, 0.05) is 0 Å². The molecule has 0 aliphatic rings. The fourth-order valence-electron chi connectivity index (χ4n) is 3.47. The number of thioether (sulfide) groups is 1. The molecule has 0 aliphatic heterocycles. The summed E-state index contributed by atoms with van der Waals surface area (Å²) in [6.45, 7) is 5.71. The maximum atomic E-state index is 12.4. The Morgan fingerprint density at radius 3 is 2.66 bits per heavy atom. The van der Waals surface area contributed by atoms with Crippen LogP contribution in [0, 0.1) is 6.92 Å². The normalized spacial score (nSPS) is 11.0. The van der Waals surface area contributed by atoms with Crippen LogP contribution < -0.4 is 15.1 Å². The summed E-state index contributed by atoms with van der Waals surface area (Å²) in [4.78, 5) is 12.4. The second-order valence-corrected chi connectivity index (χ2v) is 8.74. The number of hydrazone groups is 1. The van der Waals surface area contributed by atoms with Crippen LogP contribution in [0.2, 0.25) is 0 Å². The molecule has 8 heteroatoms. The van der Waals surface area contributed by atoms with E-state index in [-0.39, 0.29) is 17.4 Å². The number of rotatable bonds is 9. The van der Waals surface area contributed by atoms with Crippen molar-refractivity contribution in [3.8, 4) is 22.8 Å². The highest BCUT2D eigenvalue weighted by Crippen LogP contribution is 2.21. The minimum absolute atomic E-state index is 0.100. The van der Waals surface area contributed by atoms with Crippen LogP contribution in [-0.2, 0) is 11.2 Å². The molecular formula is C27H25N5O2S. The SMILES string of the molecule is C=CCc1cccc(C=NNC(=O)CSc2n[nH]c(-c3ccc(C)cc3)[n+]2-c2ccccc2)c1[O-]. The van der Waals surface area contributed by atoms with Crippen molar-refractivity contribution in [1.82, 2.24) is 15.6 Å². The fraction of sp³-hybridized carbons (Fsp3) is 0.111. The molecule has 3 aromatic carbocycles. The number of amides is 1. The van der Waals surface area contributed by atoms with E-state index in [4.69, 9.17) is 0 Å². The highest BCUT2D eigenvalue weighted by atomic mass is 32.2. The Balaban J connectivity index is 1.47. The summed E-state index contributed by atoms with van der Waals surface area (Å²) in [5, 5.41) is 24.6. The van der Waals surface area contributed by atoms with Crippen molar-refractivity contribution in [2.75, 3.05) is 5.75 Å². The van der Waals surface area contributed by atoms with E-state index in [1.165, 1.54) is 23.5 Å². The summed E-state index contributed by atoms with van der Waals surface area (Å²) in [5.41, 5.74) is 6.62. The second-order valence-electron chi connectivity index (χ2n) is 7.80. The number of nitrogens with zero attached hydrogens (tertiary/aromatic N) is 3. The molecule has 0 aliphatic carbocycles. The van der Waals surface area contributed by atoms with Gasteiger partial charge in [0.1, 0.15) is 5.69 Å². The topological polar surface area (TPSA) is 97.1 Å². The van der Waals surface area contributed by atoms with Crippen LogP contribution in [0.15, 0.2) is 95.7 Å². The van der Waals surface area contributed by atoms with E-state index in [0.29, 0.717) is 22.7 Å². The van der Waals surface area contributed by atoms with Crippen LogP contribution >= 0.6 is 11.8 Å². The zero-order chi connectivity index (χ0) is 24.6. The average Bonchev–Trinajstić information content (AvgIpc) is 3.30. The number of carbonyl (C=O) groups is 1. The third kappa shape index (κ3) is 5.85. The summed E-state index contributed by atoms with van der Waals surface area (Å²) >= 11 is 1.29. The maximum absolute atomic E-state index is 12.4. The predicted octanol–water partition coefficient (Wildman–Crippen LogP) is 3.71. The number of allylic oxidation sites excluding steroid dienone is 1. The number of H-pyrrole nitrogens is 1. The van der Waals surface area contributed by atoms with Gasteiger partial charge in [-0.1, -0.05) is 71.5 Å². The van der Waals surface area contributed by atoms with Gasteiger partial charge in [-0.2, -0.15) is 9.67 Å². The molecule has 0 bridgehead atoms. The van der Waals surface area contributed by atoms with E-state index < -0.39 is 0 Å². The van der Waals surface area contributed by atoms with Crippen LogP contribution in [0.3, 0.4) is 0 Å². The first-order chi connectivity index (χ1) is 17.1. The Hall–Kier alpha value is -4.17. The van der Waals surface area contributed by atoms with Gasteiger partial charge in [0.25, 0.3) is 11.7 Å². The Bertz CT molecular complexity index is 1350. The third-order valence-corrected chi connectivity index (χ3v) is 6.17. The van der Waals surface area contributed by atoms with Crippen molar-refractivity contribution in [3.63, 3.8) is 0 Å². The number of hydrogen-bond donors (Lipinski definition) is 2. The number of hydrogen-bond acceptors (Lipinski definition) is 5. The molecule has 0 unspecified atom stereocenters. The molecule has 2 N–H and O–H groups in total. The van der Waals surface area contributed by atoms with Crippen molar-refractivity contribution in [2.45, 2.75) is 18.5 Å². The fourth-order valence-corrected chi connectivity index (χ4v) is 4.23. The summed E-state index contributed by atoms with van der Waals surface area (Å²) < 4.78 is 1.99. The first-order valence-electron chi connectivity index (χ1n) is 11.0. The molecule has 0 spiro atoms. The molecule has 0 radical (unpaired) electrons. The first kappa shape index (κ1) is 24.0. The minimum Gasteiger partial charge on any atom is -0.872 e. The Morgan fingerprint density at radius 2 is 1.91 bits per heavy atom. The van der Waals surface area contributed by atoms with Gasteiger partial charge in [-0.3, -0.25) is 4.79 Å². The van der Waals surface area contributed by atoms with Gasteiger partial charge in [0.2, 0.25) is 0 Å². The molecule has 4 rings (SSSR count). The number of nitrogens with one attached hydrogen (secondary N) is 2. The van der Waals surface area contributed by atoms with Crippen LogP contribution in [0.5, 0.6) is 5.75 Å². The zero-order valence-corrected chi connectivity index (χ0v) is 20.1. The predicted molar refractivity (Wildman–Crippen MR) is 137 cm³/mol. The van der Waals surface area contributed by atoms with Crippen LogP contribution in [0.1, 0.15) is 16.7 Å². The van der Waals surface area contributed by atoms with E-state index in [2.05, 4.69) is 27.3 Å². The monoisotopic (exact) mass is 483 g/mol. The Kier molecular flexibility index (Phi) is 7.74. The smallest absolute Gasteiger partial charge is 0.342 e. The van der Waals surface area contributed by atoms with Gasteiger partial charge >= 0.3 is 5.16 Å². The number of aryl methyl sites for hydroxylation is 1. The summed E-state index contributed by atoms with van der Waals surface area (Å²) in [6.07, 6.45) is 3.53. The van der Waals surface area contributed by atoms with Gasteiger partial charge < -0.3 is 5.11 Å². The molecule has 35 heavy (non-hydrogen) atoms. The quantitative estimate of drug-likeness (QED) is 0.125. The molecule has 1 amide bonds. The van der Waals surface area contributed by atoms with Gasteiger partial charge in [-0.25, -0.2) is 5.43 Å². The van der Waals surface area contributed by atoms with Crippen LogP contribution in [-0.4, -0.2) is 28.1 Å². The van der Waals surface area contributed by atoms with Gasteiger partial charge in [-0.05, 0) is 54.9 Å². The molecular weight excluding hydrogens is 458 g/mol. The zero-order valence-electron chi connectivity index (χ0n) is 19.3. The van der Waals surface area contributed by atoms with E-state index in [1.54, 1.807) is 24.3 Å². The summed E-state index contributed by atoms with van der Waals surface area (Å²) in [7, 11) is 0. The van der Waals surface area contributed by atoms with Crippen molar-refractivity contribution in [3.05, 3.63) is 102 Å². The van der Waals surface area contributed by atoms with Gasteiger partial charge in [0.15, 0.2) is 0 Å². The first-order valence-corrected chi connectivity index (χ1v) is 12.0. The molecule has 0 saturated heterocycles. The standard InChI is InChI=1S/C27H25N5O2S/c1-3-8-20-9-7-10-22(25(20)34)17-28-29-24(33)18-35-27-31-30-26(21-15-13-19(2)14-16-21)32(27)23-11-5-4-6-12-23/h3-7,9-17H,1,8,18H2,2H3,(H2,28,29,33,34). The Labute approximate surface area is 208 Å². The lowest BCUT2D eigenvalue weighted by Gasteiger charge is -2.15. The maximum Gasteiger partial charge on any atom is 0.342 e. The second kappa shape index (κ2) is 11.3. The number of aromatic amines is 1. The summed E-state index contributed by atoms with van der Waals surface area (Å²) in [5.74, 6) is 0.493. The third-order valence-electron chi connectivity index (χ3n) is 5.23. The van der Waals surface area contributed by atoms with E-state index in [0.717, 1.165) is 17.1 Å². The number of carbonyl (C=O) groups excluding carboxylic acids is 1. The minimum atomic E-state index is -0.305. The van der Waals surface area contributed by atoms with Crippen molar-refractivity contribution >= 4 is 23.9 Å². The van der Waals surface area contributed by atoms with Crippen molar-refractivity contribution in [1.29, 1.82) is 0 Å². The van der Waals surface area contributed by atoms with E-state index in [1.807, 2.05) is 66.1 Å². The molecule has 1 aromatic heterocycles. The van der Waals surface area contributed by atoms with Gasteiger partial charge in [0.05, 0.1) is 22.6 Å². The largest absolute Gasteiger partial charge is 0.872 e. The Morgan fingerprint density at radius 1 is 1.14 bits per heavy atom. The lowest BCUT2D eigenvalue weighted by atomic mass is 10.1. The molecule has 4 aromatic rings. The number of aromatic nitrogens is 3. The average molecular weight is 484 g/mol. The van der Waals surface area contributed by atoms with Crippen LogP contribution in [0.25, 0.3) is 17.1 Å². The molecule has 176 valence electrons. The molecule has 1 heterocycles. The van der Waals surface area contributed by atoms with Crippen molar-refractivity contribution in [2.24, 2.45) is 5.10 Å².